The van der Waals surface area contributed by atoms with E-state index >= 15 is 0 Å². The maximum atomic E-state index is 12.6. The molecule has 1 aromatic rings. The SMILES string of the molecule is CCOB1Oc2c(cccc2C(=O)OCOC(=O)C(CC)CC)C[C@@H]1CC(=O)CC. The third kappa shape index (κ3) is 6.08. The van der Waals surface area contributed by atoms with Crippen LogP contribution in [0.4, 0.5) is 0 Å². The van der Waals surface area contributed by atoms with Gasteiger partial charge in [0, 0.05) is 25.3 Å². The van der Waals surface area contributed by atoms with Gasteiger partial charge in [-0.05, 0) is 37.8 Å². The van der Waals surface area contributed by atoms with Gasteiger partial charge in [0.15, 0.2) is 0 Å². The fourth-order valence-corrected chi connectivity index (χ4v) is 3.53. The quantitative estimate of drug-likeness (QED) is 0.305. The summed E-state index contributed by atoms with van der Waals surface area (Å²) in [4.78, 5) is 36.5. The lowest BCUT2D eigenvalue weighted by atomic mass is 9.64. The van der Waals surface area contributed by atoms with Crippen molar-refractivity contribution in [3.8, 4) is 5.75 Å². The number of rotatable bonds is 11. The van der Waals surface area contributed by atoms with Gasteiger partial charge in [0.05, 0.1) is 5.92 Å². The van der Waals surface area contributed by atoms with Crippen molar-refractivity contribution in [2.75, 3.05) is 13.4 Å². The number of carbonyl (C=O) groups is 3. The molecule has 0 radical (unpaired) electrons. The molecule has 1 aliphatic rings. The minimum Gasteiger partial charge on any atom is -0.535 e. The molecular weight excluding hydrogens is 387 g/mol. The summed E-state index contributed by atoms with van der Waals surface area (Å²) in [7, 11) is -0.611. The largest absolute Gasteiger partial charge is 0.535 e. The third-order valence-corrected chi connectivity index (χ3v) is 5.34. The van der Waals surface area contributed by atoms with E-state index in [9.17, 15) is 14.4 Å². The van der Waals surface area contributed by atoms with Crippen molar-refractivity contribution in [2.24, 2.45) is 5.92 Å². The van der Waals surface area contributed by atoms with Gasteiger partial charge in [0.25, 0.3) is 0 Å². The number of hydrogen-bond acceptors (Lipinski definition) is 7. The number of carbonyl (C=O) groups excluding carboxylic acids is 3. The Morgan fingerprint density at radius 2 is 1.87 bits per heavy atom. The lowest BCUT2D eigenvalue weighted by Crippen LogP contribution is -2.38. The monoisotopic (exact) mass is 418 g/mol. The summed E-state index contributed by atoms with van der Waals surface area (Å²) < 4.78 is 21.9. The molecule has 1 aliphatic heterocycles. The topological polar surface area (TPSA) is 88.1 Å². The van der Waals surface area contributed by atoms with Gasteiger partial charge in [-0.15, -0.1) is 0 Å². The molecule has 1 heterocycles. The zero-order chi connectivity index (χ0) is 22.1. The van der Waals surface area contributed by atoms with Gasteiger partial charge in [-0.25, -0.2) is 4.79 Å². The molecule has 0 aromatic heterocycles. The van der Waals surface area contributed by atoms with E-state index in [0.717, 1.165) is 5.56 Å². The number of benzene rings is 1. The Morgan fingerprint density at radius 1 is 1.13 bits per heavy atom. The first-order chi connectivity index (χ1) is 14.4. The van der Waals surface area contributed by atoms with Gasteiger partial charge in [-0.2, -0.15) is 0 Å². The van der Waals surface area contributed by atoms with Crippen LogP contribution in [0.25, 0.3) is 0 Å². The molecular formula is C22H31BO7. The van der Waals surface area contributed by atoms with Gasteiger partial charge in [0.1, 0.15) is 17.1 Å². The second-order valence-corrected chi connectivity index (χ2v) is 7.32. The van der Waals surface area contributed by atoms with Crippen LogP contribution < -0.4 is 4.65 Å². The molecule has 0 amide bonds. The van der Waals surface area contributed by atoms with E-state index in [1.54, 1.807) is 12.1 Å². The molecule has 0 spiro atoms. The average molecular weight is 418 g/mol. The summed E-state index contributed by atoms with van der Waals surface area (Å²) in [5.74, 6) is -0.788. The van der Waals surface area contributed by atoms with Crippen molar-refractivity contribution in [1.29, 1.82) is 0 Å². The molecule has 0 aliphatic carbocycles. The molecule has 7 nitrogen and oxygen atoms in total. The van der Waals surface area contributed by atoms with E-state index in [2.05, 4.69) is 0 Å². The van der Waals surface area contributed by atoms with Crippen molar-refractivity contribution in [2.45, 2.75) is 65.6 Å². The fraction of sp³-hybridized carbons (Fsp3) is 0.591. The minimum absolute atomic E-state index is 0.114. The summed E-state index contributed by atoms with van der Waals surface area (Å²) in [5, 5.41) is 0. The van der Waals surface area contributed by atoms with E-state index in [1.807, 2.05) is 33.8 Å². The Balaban J connectivity index is 2.09. The van der Waals surface area contributed by atoms with Gasteiger partial charge < -0.3 is 18.8 Å². The molecule has 30 heavy (non-hydrogen) atoms. The van der Waals surface area contributed by atoms with Crippen LogP contribution in [0.15, 0.2) is 18.2 Å². The van der Waals surface area contributed by atoms with E-state index in [1.165, 1.54) is 0 Å². The highest BCUT2D eigenvalue weighted by Crippen LogP contribution is 2.37. The van der Waals surface area contributed by atoms with Crippen LogP contribution in [0.3, 0.4) is 0 Å². The maximum Gasteiger partial charge on any atom is 0.529 e. The number of Topliss-reactive ketones (excluding diaryl/α,β-unsaturated/α-hetero) is 1. The Labute approximate surface area is 178 Å². The summed E-state index contributed by atoms with van der Waals surface area (Å²) in [5.41, 5.74) is 1.07. The molecule has 8 heteroatoms. The highest BCUT2D eigenvalue weighted by molar-refractivity contribution is 6.48. The number of ether oxygens (including phenoxy) is 2. The normalized spacial score (nSPS) is 15.4. The van der Waals surface area contributed by atoms with Crippen LogP contribution in [0.5, 0.6) is 5.75 Å². The van der Waals surface area contributed by atoms with Crippen molar-refractivity contribution in [3.05, 3.63) is 29.3 Å². The molecule has 0 N–H and O–H groups in total. The first kappa shape index (κ1) is 23.9. The zero-order valence-corrected chi connectivity index (χ0v) is 18.3. The molecule has 0 unspecified atom stereocenters. The van der Waals surface area contributed by atoms with Crippen LogP contribution in [0.2, 0.25) is 5.82 Å². The second kappa shape index (κ2) is 11.7. The minimum atomic E-state index is -0.637. The maximum absolute atomic E-state index is 12.6. The van der Waals surface area contributed by atoms with Crippen molar-refractivity contribution in [3.63, 3.8) is 0 Å². The van der Waals surface area contributed by atoms with Gasteiger partial charge in [-0.3, -0.25) is 9.59 Å². The standard InChI is InChI=1S/C22H31BO7/c1-5-15(6-2)21(25)27-14-28-22(26)19-11-9-10-16-12-17(13-18(24)7-3)23(29-8-4)30-20(16)19/h9-11,15,17H,5-8,12-14H2,1-4H3/t17-/m1/s1. The summed E-state index contributed by atoms with van der Waals surface area (Å²) in [6, 6.07) is 5.21. The molecule has 2 rings (SSSR count). The van der Waals surface area contributed by atoms with Crippen LogP contribution >= 0.6 is 0 Å². The Hall–Kier alpha value is -2.35. The smallest absolute Gasteiger partial charge is 0.529 e. The second-order valence-electron chi connectivity index (χ2n) is 7.32. The summed E-state index contributed by atoms with van der Waals surface area (Å²) in [6.07, 6.45) is 2.73. The highest BCUT2D eigenvalue weighted by Gasteiger charge is 2.39. The molecule has 0 saturated carbocycles. The number of hydrogen-bond donors (Lipinski definition) is 0. The summed E-state index contributed by atoms with van der Waals surface area (Å²) in [6.45, 7) is 7.48. The molecule has 0 bridgehead atoms. The Bertz CT molecular complexity index is 745. The predicted molar refractivity (Wildman–Crippen MR) is 112 cm³/mol. The molecule has 1 aromatic carbocycles. The van der Waals surface area contributed by atoms with Crippen LogP contribution in [-0.4, -0.2) is 38.2 Å². The number of ketones is 1. The highest BCUT2D eigenvalue weighted by atomic mass is 16.7. The fourth-order valence-electron chi connectivity index (χ4n) is 3.53. The average Bonchev–Trinajstić information content (AvgIpc) is 2.74. The third-order valence-electron chi connectivity index (χ3n) is 5.34. The van der Waals surface area contributed by atoms with Crippen molar-refractivity contribution < 1.29 is 33.2 Å². The van der Waals surface area contributed by atoms with Gasteiger partial charge >= 0.3 is 19.1 Å². The Kier molecular flexibility index (Phi) is 9.37. The first-order valence-corrected chi connectivity index (χ1v) is 10.7. The zero-order valence-electron chi connectivity index (χ0n) is 18.3. The lowest BCUT2D eigenvalue weighted by Gasteiger charge is -2.30. The van der Waals surface area contributed by atoms with Crippen molar-refractivity contribution in [1.82, 2.24) is 0 Å². The van der Waals surface area contributed by atoms with Gasteiger partial charge in [-0.1, -0.05) is 32.9 Å². The summed E-state index contributed by atoms with van der Waals surface area (Å²) >= 11 is 0. The van der Waals surface area contributed by atoms with E-state index < -0.39 is 19.9 Å². The number of esters is 2. The molecule has 1 atom stereocenters. The number of fused-ring (bicyclic) bond motifs is 1. The lowest BCUT2D eigenvalue weighted by molar-refractivity contribution is -0.157. The van der Waals surface area contributed by atoms with E-state index in [0.29, 0.717) is 44.5 Å². The Morgan fingerprint density at radius 3 is 2.50 bits per heavy atom. The number of para-hydroxylation sites is 1. The van der Waals surface area contributed by atoms with Gasteiger partial charge in [0.2, 0.25) is 6.79 Å². The molecule has 0 saturated heterocycles. The first-order valence-electron chi connectivity index (χ1n) is 10.7. The molecule has 0 fully saturated rings. The van der Waals surface area contributed by atoms with E-state index in [-0.39, 0.29) is 29.1 Å². The predicted octanol–water partition coefficient (Wildman–Crippen LogP) is 3.98. The van der Waals surface area contributed by atoms with Crippen molar-refractivity contribution >= 4 is 24.8 Å². The van der Waals surface area contributed by atoms with E-state index in [4.69, 9.17) is 18.8 Å². The van der Waals surface area contributed by atoms with Crippen LogP contribution in [0, 0.1) is 5.92 Å². The molecule has 164 valence electrons. The van der Waals surface area contributed by atoms with Crippen LogP contribution in [0.1, 0.15) is 69.3 Å². The van der Waals surface area contributed by atoms with Crippen LogP contribution in [-0.2, 0) is 30.1 Å².